The first-order valence-corrected chi connectivity index (χ1v) is 11.6. The molecule has 0 saturated heterocycles. The van der Waals surface area contributed by atoms with Crippen LogP contribution in [0.3, 0.4) is 0 Å². The van der Waals surface area contributed by atoms with Gasteiger partial charge in [0.1, 0.15) is 0 Å². The monoisotopic (exact) mass is 473 g/mol. The predicted molar refractivity (Wildman–Crippen MR) is 138 cm³/mol. The number of hydrogen-bond acceptors (Lipinski definition) is 3. The molecule has 0 radical (unpaired) electrons. The van der Waals surface area contributed by atoms with E-state index in [-0.39, 0.29) is 11.7 Å². The number of ketones is 1. The normalized spacial score (nSPS) is 12.0. The highest BCUT2D eigenvalue weighted by molar-refractivity contribution is 6.31. The number of para-hydroxylation sites is 1. The van der Waals surface area contributed by atoms with Crippen LogP contribution in [-0.2, 0) is 6.42 Å². The lowest BCUT2D eigenvalue weighted by Crippen LogP contribution is -2.30. The molecule has 34 heavy (non-hydrogen) atoms. The van der Waals surface area contributed by atoms with Crippen LogP contribution in [0, 0.1) is 6.92 Å². The SMILES string of the molecule is Cc1ccc(CCN[C@H](C(=O)c2c[nH]c3c(C(=O)N(C)C)cccc23)c2ccccc2)c(Cl)c1. The zero-order valence-corrected chi connectivity index (χ0v) is 20.3. The molecular weight excluding hydrogens is 446 g/mol. The molecule has 0 unspecified atom stereocenters. The maximum absolute atomic E-state index is 13.8. The molecule has 0 bridgehead atoms. The van der Waals surface area contributed by atoms with Crippen molar-refractivity contribution in [1.82, 2.24) is 15.2 Å². The van der Waals surface area contributed by atoms with E-state index in [4.69, 9.17) is 11.6 Å². The summed E-state index contributed by atoms with van der Waals surface area (Å²) in [7, 11) is 3.43. The molecule has 0 spiro atoms. The molecule has 0 saturated carbocycles. The maximum atomic E-state index is 13.8. The van der Waals surface area contributed by atoms with E-state index in [1.54, 1.807) is 26.4 Å². The highest BCUT2D eigenvalue weighted by Gasteiger charge is 2.25. The molecule has 0 aliphatic heterocycles. The lowest BCUT2D eigenvalue weighted by atomic mass is 9.96. The van der Waals surface area contributed by atoms with E-state index in [1.165, 1.54) is 4.90 Å². The second-order valence-electron chi connectivity index (χ2n) is 8.64. The topological polar surface area (TPSA) is 65.2 Å². The molecule has 2 N–H and O–H groups in total. The van der Waals surface area contributed by atoms with Gasteiger partial charge in [-0.15, -0.1) is 0 Å². The van der Waals surface area contributed by atoms with Gasteiger partial charge in [0.25, 0.3) is 5.91 Å². The fraction of sp³-hybridized carbons (Fsp3) is 0.214. The summed E-state index contributed by atoms with van der Waals surface area (Å²) in [5.41, 5.74) is 4.81. The van der Waals surface area contributed by atoms with Crippen LogP contribution in [0.2, 0.25) is 5.02 Å². The number of hydrogen-bond donors (Lipinski definition) is 2. The largest absolute Gasteiger partial charge is 0.360 e. The summed E-state index contributed by atoms with van der Waals surface area (Å²) >= 11 is 6.40. The fourth-order valence-corrected chi connectivity index (χ4v) is 4.48. The van der Waals surface area contributed by atoms with E-state index in [1.807, 2.05) is 67.6 Å². The average Bonchev–Trinajstić information content (AvgIpc) is 3.27. The molecule has 4 rings (SSSR count). The summed E-state index contributed by atoms with van der Waals surface area (Å²) in [5.74, 6) is -0.166. The highest BCUT2D eigenvalue weighted by Crippen LogP contribution is 2.27. The number of aryl methyl sites for hydroxylation is 1. The molecule has 3 aromatic carbocycles. The van der Waals surface area contributed by atoms with E-state index in [0.29, 0.717) is 29.6 Å². The average molecular weight is 474 g/mol. The Bertz CT molecular complexity index is 1330. The molecule has 0 aliphatic carbocycles. The number of carbonyl (C=O) groups excluding carboxylic acids is 2. The van der Waals surface area contributed by atoms with Gasteiger partial charge in [0, 0.05) is 42.8 Å². The molecule has 1 heterocycles. The zero-order chi connectivity index (χ0) is 24.2. The van der Waals surface area contributed by atoms with Crippen molar-refractivity contribution >= 4 is 34.2 Å². The van der Waals surface area contributed by atoms with Gasteiger partial charge in [0.15, 0.2) is 5.78 Å². The number of nitrogens with zero attached hydrogens (tertiary/aromatic N) is 1. The van der Waals surface area contributed by atoms with E-state index in [2.05, 4.69) is 10.3 Å². The van der Waals surface area contributed by atoms with Gasteiger partial charge in [-0.3, -0.25) is 9.59 Å². The summed E-state index contributed by atoms with van der Waals surface area (Å²) in [5, 5.41) is 4.91. The molecule has 1 amide bonds. The number of fused-ring (bicyclic) bond motifs is 1. The molecule has 0 fully saturated rings. The number of halogens is 1. The number of rotatable bonds is 8. The molecular formula is C28H28ClN3O2. The number of H-pyrrole nitrogens is 1. The van der Waals surface area contributed by atoms with Crippen LogP contribution >= 0.6 is 11.6 Å². The minimum Gasteiger partial charge on any atom is -0.360 e. The second-order valence-corrected chi connectivity index (χ2v) is 9.04. The van der Waals surface area contributed by atoms with E-state index in [9.17, 15) is 9.59 Å². The first kappa shape index (κ1) is 23.7. The van der Waals surface area contributed by atoms with Gasteiger partial charge in [-0.05, 0) is 42.2 Å². The Morgan fingerprint density at radius 1 is 1.00 bits per heavy atom. The van der Waals surface area contributed by atoms with Crippen LogP contribution in [0.15, 0.2) is 72.9 Å². The lowest BCUT2D eigenvalue weighted by molar-refractivity contribution is 0.0828. The maximum Gasteiger partial charge on any atom is 0.255 e. The Labute approximate surface area is 204 Å². The quantitative estimate of drug-likeness (QED) is 0.328. The van der Waals surface area contributed by atoms with Crippen LogP contribution in [0.25, 0.3) is 10.9 Å². The molecule has 0 aliphatic rings. The minimum absolute atomic E-state index is 0.0538. The summed E-state index contributed by atoms with van der Waals surface area (Å²) in [6, 6.07) is 20.6. The van der Waals surface area contributed by atoms with E-state index in [0.717, 1.165) is 27.1 Å². The molecule has 174 valence electrons. The Hall–Kier alpha value is -3.41. The van der Waals surface area contributed by atoms with Gasteiger partial charge in [-0.25, -0.2) is 0 Å². The highest BCUT2D eigenvalue weighted by atomic mass is 35.5. The summed E-state index contributed by atoms with van der Waals surface area (Å²) < 4.78 is 0. The predicted octanol–water partition coefficient (Wildman–Crippen LogP) is 5.59. The van der Waals surface area contributed by atoms with E-state index < -0.39 is 6.04 Å². The van der Waals surface area contributed by atoms with Crippen molar-refractivity contribution in [2.75, 3.05) is 20.6 Å². The van der Waals surface area contributed by atoms with Crippen molar-refractivity contribution < 1.29 is 9.59 Å². The molecule has 1 atom stereocenters. The van der Waals surface area contributed by atoms with Crippen molar-refractivity contribution in [2.24, 2.45) is 0 Å². The Balaban J connectivity index is 1.63. The van der Waals surface area contributed by atoms with Crippen LogP contribution in [0.1, 0.15) is 43.4 Å². The molecule has 5 nitrogen and oxygen atoms in total. The number of aromatic amines is 1. The second kappa shape index (κ2) is 10.2. The standard InChI is InChI=1S/C28H28ClN3O2/c1-18-12-13-19(24(29)16-18)14-15-30-25(20-8-5-4-6-9-20)27(33)23-17-31-26-21(23)10-7-11-22(26)28(34)32(2)3/h4-13,16-17,25,30-31H,14-15H2,1-3H3/t25-/m0/s1. The first-order valence-electron chi connectivity index (χ1n) is 11.3. The van der Waals surface area contributed by atoms with Gasteiger partial charge < -0.3 is 15.2 Å². The van der Waals surface area contributed by atoms with Crippen LogP contribution in [0.4, 0.5) is 0 Å². The van der Waals surface area contributed by atoms with Crippen molar-refractivity contribution in [3.8, 4) is 0 Å². The molecule has 6 heteroatoms. The zero-order valence-electron chi connectivity index (χ0n) is 19.6. The van der Waals surface area contributed by atoms with E-state index >= 15 is 0 Å². The number of carbonyl (C=O) groups is 2. The Morgan fingerprint density at radius 2 is 1.76 bits per heavy atom. The molecule has 4 aromatic rings. The third kappa shape index (κ3) is 4.91. The summed E-state index contributed by atoms with van der Waals surface area (Å²) in [4.78, 5) is 31.1. The van der Waals surface area contributed by atoms with Crippen LogP contribution in [0.5, 0.6) is 0 Å². The lowest BCUT2D eigenvalue weighted by Gasteiger charge is -2.18. The van der Waals surface area contributed by atoms with Crippen LogP contribution < -0.4 is 5.32 Å². The van der Waals surface area contributed by atoms with Gasteiger partial charge in [-0.1, -0.05) is 66.2 Å². The van der Waals surface area contributed by atoms with Gasteiger partial charge in [0.2, 0.25) is 0 Å². The van der Waals surface area contributed by atoms with Gasteiger partial charge >= 0.3 is 0 Å². The summed E-state index contributed by atoms with van der Waals surface area (Å²) in [6.45, 7) is 2.59. The fourth-order valence-electron chi connectivity index (χ4n) is 4.15. The third-order valence-electron chi connectivity index (χ3n) is 5.96. The van der Waals surface area contributed by atoms with Crippen molar-refractivity contribution in [1.29, 1.82) is 0 Å². The van der Waals surface area contributed by atoms with Gasteiger partial charge in [0.05, 0.1) is 17.1 Å². The van der Waals surface area contributed by atoms with Crippen molar-refractivity contribution in [3.63, 3.8) is 0 Å². The number of benzene rings is 3. The number of Topliss-reactive ketones (excluding diaryl/α,β-unsaturated/α-hetero) is 1. The summed E-state index contributed by atoms with van der Waals surface area (Å²) in [6.07, 6.45) is 2.40. The first-order chi connectivity index (χ1) is 16.4. The third-order valence-corrected chi connectivity index (χ3v) is 6.32. The van der Waals surface area contributed by atoms with Crippen LogP contribution in [-0.4, -0.2) is 42.2 Å². The Morgan fingerprint density at radius 3 is 2.47 bits per heavy atom. The van der Waals surface area contributed by atoms with Crippen molar-refractivity contribution in [2.45, 2.75) is 19.4 Å². The smallest absolute Gasteiger partial charge is 0.255 e. The Kier molecular flexibility index (Phi) is 7.15. The number of amides is 1. The number of nitrogens with one attached hydrogen (secondary N) is 2. The van der Waals surface area contributed by atoms with Crippen molar-refractivity contribution in [3.05, 3.63) is 106 Å². The van der Waals surface area contributed by atoms with Gasteiger partial charge in [-0.2, -0.15) is 0 Å². The number of aromatic nitrogens is 1. The molecule has 1 aromatic heterocycles. The minimum atomic E-state index is -0.530.